The molecule has 0 saturated heterocycles. The van der Waals surface area contributed by atoms with Crippen molar-refractivity contribution in [2.24, 2.45) is 0 Å². The van der Waals surface area contributed by atoms with Gasteiger partial charge in [-0.25, -0.2) is 0 Å². The number of nitrogens with one attached hydrogen (secondary N) is 1. The van der Waals surface area contributed by atoms with Gasteiger partial charge in [-0.1, -0.05) is 66.2 Å². The summed E-state index contributed by atoms with van der Waals surface area (Å²) < 4.78 is 11.8. The highest BCUT2D eigenvalue weighted by Crippen LogP contribution is 2.31. The molecule has 0 saturated carbocycles. The van der Waals surface area contributed by atoms with Crippen LogP contribution in [0.2, 0.25) is 5.02 Å². The van der Waals surface area contributed by atoms with E-state index in [1.165, 1.54) is 11.0 Å². The van der Waals surface area contributed by atoms with Crippen molar-refractivity contribution >= 4 is 40.8 Å². The van der Waals surface area contributed by atoms with Crippen molar-refractivity contribution in [2.45, 2.75) is 32.3 Å². The van der Waals surface area contributed by atoms with Gasteiger partial charge in [0.15, 0.2) is 0 Å². The Kier molecular flexibility index (Phi) is 11.2. The fourth-order valence-corrected chi connectivity index (χ4v) is 4.63. The van der Waals surface area contributed by atoms with E-state index in [4.69, 9.17) is 26.2 Å². The van der Waals surface area contributed by atoms with Gasteiger partial charge in [0.25, 0.3) is 11.8 Å². The molecule has 0 unspecified atom stereocenters. The molecule has 2 N–H and O–H groups in total. The number of nitrogens with zero attached hydrogens (tertiary/aromatic N) is 1. The average molecular weight is 601 g/mol. The monoisotopic (exact) mass is 600 g/mol. The molecular formula is C34H33ClN2O6. The van der Waals surface area contributed by atoms with Crippen LogP contribution in [0, 0.1) is 0 Å². The van der Waals surface area contributed by atoms with Crippen molar-refractivity contribution in [3.63, 3.8) is 0 Å². The molecule has 2 amide bonds. The number of carboxylic acids is 1. The first-order chi connectivity index (χ1) is 20.8. The number of para-hydroxylation sites is 3. The number of rotatable bonds is 14. The van der Waals surface area contributed by atoms with Crippen molar-refractivity contribution in [1.82, 2.24) is 0 Å². The van der Waals surface area contributed by atoms with E-state index < -0.39 is 5.97 Å². The molecule has 0 aliphatic heterocycles. The molecule has 43 heavy (non-hydrogen) atoms. The first-order valence-electron chi connectivity index (χ1n) is 13.9. The van der Waals surface area contributed by atoms with Crippen molar-refractivity contribution in [3.8, 4) is 11.5 Å². The van der Waals surface area contributed by atoms with Gasteiger partial charge in [-0.05, 0) is 67.3 Å². The molecular weight excluding hydrogens is 568 g/mol. The van der Waals surface area contributed by atoms with Crippen molar-refractivity contribution < 1.29 is 29.0 Å². The highest BCUT2D eigenvalue weighted by molar-refractivity contribution is 6.35. The third-order valence-corrected chi connectivity index (χ3v) is 6.96. The molecule has 0 aliphatic carbocycles. The number of ether oxygens (including phenoxy) is 2. The molecule has 0 atom stereocenters. The molecule has 4 aromatic carbocycles. The van der Waals surface area contributed by atoms with Crippen molar-refractivity contribution in [2.75, 3.05) is 23.9 Å². The minimum atomic E-state index is -0.810. The Morgan fingerprint density at radius 1 is 0.791 bits per heavy atom. The van der Waals surface area contributed by atoms with Gasteiger partial charge in [0.05, 0.1) is 28.4 Å². The molecule has 0 fully saturated rings. The summed E-state index contributed by atoms with van der Waals surface area (Å²) in [6.07, 6.45) is 2.14. The molecule has 0 bridgehead atoms. The summed E-state index contributed by atoms with van der Waals surface area (Å²) in [6.45, 7) is 0.719. The summed E-state index contributed by atoms with van der Waals surface area (Å²) >= 11 is 6.53. The summed E-state index contributed by atoms with van der Waals surface area (Å²) in [5.74, 6) is -0.547. The summed E-state index contributed by atoms with van der Waals surface area (Å²) in [5.41, 5.74) is 2.61. The summed E-state index contributed by atoms with van der Waals surface area (Å²) in [7, 11) is 1.63. The maximum atomic E-state index is 13.4. The van der Waals surface area contributed by atoms with E-state index in [1.54, 1.807) is 61.6 Å². The Morgan fingerprint density at radius 3 is 2.23 bits per heavy atom. The zero-order valence-electron chi connectivity index (χ0n) is 23.8. The van der Waals surface area contributed by atoms with Crippen LogP contribution in [0.25, 0.3) is 0 Å². The van der Waals surface area contributed by atoms with Crippen LogP contribution in [0.3, 0.4) is 0 Å². The molecule has 8 nitrogen and oxygen atoms in total. The summed E-state index contributed by atoms with van der Waals surface area (Å²) in [6, 6.07) is 28.6. The fourth-order valence-electron chi connectivity index (χ4n) is 4.36. The molecule has 0 aromatic heterocycles. The normalized spacial score (nSPS) is 10.6. The number of amides is 2. The highest BCUT2D eigenvalue weighted by atomic mass is 35.5. The molecule has 0 heterocycles. The number of carbonyl (C=O) groups excluding carboxylic acids is 2. The number of aliphatic carboxylic acids is 1. The quantitative estimate of drug-likeness (QED) is 0.145. The van der Waals surface area contributed by atoms with E-state index in [0.29, 0.717) is 54.5 Å². The number of carbonyl (C=O) groups is 3. The summed E-state index contributed by atoms with van der Waals surface area (Å²) in [4.78, 5) is 38.7. The number of anilines is 2. The predicted octanol–water partition coefficient (Wildman–Crippen LogP) is 7.47. The number of benzene rings is 4. The van der Waals surface area contributed by atoms with Crippen LogP contribution < -0.4 is 19.7 Å². The Balaban J connectivity index is 1.39. The number of hydrogen-bond acceptors (Lipinski definition) is 5. The van der Waals surface area contributed by atoms with Gasteiger partial charge in [0.1, 0.15) is 18.1 Å². The Labute approximate surface area is 255 Å². The first-order valence-corrected chi connectivity index (χ1v) is 14.3. The average Bonchev–Trinajstić information content (AvgIpc) is 3.02. The van der Waals surface area contributed by atoms with Crippen LogP contribution in [0.15, 0.2) is 97.1 Å². The van der Waals surface area contributed by atoms with Gasteiger partial charge in [-0.3, -0.25) is 14.4 Å². The lowest BCUT2D eigenvalue weighted by Crippen LogP contribution is -2.27. The second-order valence-electron chi connectivity index (χ2n) is 9.80. The third-order valence-electron chi connectivity index (χ3n) is 6.65. The van der Waals surface area contributed by atoms with E-state index in [0.717, 1.165) is 12.0 Å². The van der Waals surface area contributed by atoms with E-state index in [1.807, 2.05) is 36.4 Å². The van der Waals surface area contributed by atoms with Crippen molar-refractivity contribution in [1.29, 1.82) is 0 Å². The second-order valence-corrected chi connectivity index (χ2v) is 10.2. The van der Waals surface area contributed by atoms with Gasteiger partial charge in [-0.2, -0.15) is 0 Å². The van der Waals surface area contributed by atoms with Crippen molar-refractivity contribution in [3.05, 3.63) is 119 Å². The lowest BCUT2D eigenvalue weighted by Gasteiger charge is -2.21. The molecule has 222 valence electrons. The predicted molar refractivity (Wildman–Crippen MR) is 167 cm³/mol. The summed E-state index contributed by atoms with van der Waals surface area (Å²) in [5, 5.41) is 11.8. The van der Waals surface area contributed by atoms with Gasteiger partial charge in [0.2, 0.25) is 0 Å². The number of halogens is 1. The van der Waals surface area contributed by atoms with Crippen LogP contribution in [-0.4, -0.2) is 36.5 Å². The first kappa shape index (κ1) is 31.1. The smallest absolute Gasteiger partial charge is 0.303 e. The number of unbranched alkanes of at least 4 members (excludes halogenated alkanes) is 2. The topological polar surface area (TPSA) is 105 Å². The Morgan fingerprint density at radius 2 is 1.49 bits per heavy atom. The van der Waals surface area contributed by atoms with Gasteiger partial charge in [-0.15, -0.1) is 0 Å². The van der Waals surface area contributed by atoms with Crippen LogP contribution in [0.1, 0.15) is 52.0 Å². The lowest BCUT2D eigenvalue weighted by atomic mass is 10.1. The largest absolute Gasteiger partial charge is 0.491 e. The fraction of sp³-hybridized carbons (Fsp3) is 0.206. The molecule has 4 aromatic rings. The zero-order chi connectivity index (χ0) is 30.6. The highest BCUT2D eigenvalue weighted by Gasteiger charge is 2.21. The van der Waals surface area contributed by atoms with E-state index in [-0.39, 0.29) is 28.8 Å². The maximum absolute atomic E-state index is 13.4. The van der Waals surface area contributed by atoms with E-state index in [9.17, 15) is 14.4 Å². The minimum Gasteiger partial charge on any atom is -0.491 e. The number of hydrogen-bond donors (Lipinski definition) is 2. The second kappa shape index (κ2) is 15.4. The minimum absolute atomic E-state index is 0.132. The maximum Gasteiger partial charge on any atom is 0.303 e. The van der Waals surface area contributed by atoms with Crippen LogP contribution in [0.5, 0.6) is 11.5 Å². The Bertz CT molecular complexity index is 1560. The molecule has 0 radical (unpaired) electrons. The molecule has 9 heteroatoms. The SMILES string of the molecule is CN(C(=O)c1ccc(NC(=O)c2ccccc2OCc2ccccc2)cc1Cl)c1ccccc1OCCCCCC(=O)O. The van der Waals surface area contributed by atoms with Crippen LogP contribution >= 0.6 is 11.6 Å². The molecule has 4 rings (SSSR count). The molecule has 0 spiro atoms. The van der Waals surface area contributed by atoms with E-state index >= 15 is 0 Å². The third kappa shape index (κ3) is 8.83. The van der Waals surface area contributed by atoms with Gasteiger partial charge >= 0.3 is 5.97 Å². The van der Waals surface area contributed by atoms with Crippen LogP contribution in [0.4, 0.5) is 11.4 Å². The van der Waals surface area contributed by atoms with Gasteiger partial charge in [0, 0.05) is 19.2 Å². The standard InChI is InChI=1S/C34H33ClN2O6/c1-37(29-15-8-10-17-31(29)42-21-11-3-6-18-32(38)39)34(41)26-20-19-25(22-28(26)35)36-33(40)27-14-7-9-16-30(27)43-23-24-12-4-2-5-13-24/h2,4-5,7-10,12-17,19-20,22H,3,6,11,18,21,23H2,1H3,(H,36,40)(H,38,39). The zero-order valence-corrected chi connectivity index (χ0v) is 24.5. The molecule has 0 aliphatic rings. The van der Waals surface area contributed by atoms with E-state index in [2.05, 4.69) is 5.32 Å². The lowest BCUT2D eigenvalue weighted by molar-refractivity contribution is -0.137. The Hall–Kier alpha value is -4.82. The number of carboxylic acid groups (broad SMARTS) is 1. The van der Waals surface area contributed by atoms with Crippen LogP contribution in [-0.2, 0) is 11.4 Å². The van der Waals surface area contributed by atoms with Gasteiger partial charge < -0.3 is 24.8 Å².